The number of rotatable bonds is 8. The van der Waals surface area contributed by atoms with Crippen molar-refractivity contribution in [2.24, 2.45) is 0 Å². The molecule has 0 aliphatic carbocycles. The van der Waals surface area contributed by atoms with E-state index in [4.69, 9.17) is 9.84 Å². The summed E-state index contributed by atoms with van der Waals surface area (Å²) in [5.41, 5.74) is 0.431. The Morgan fingerprint density at radius 2 is 1.83 bits per heavy atom. The highest BCUT2D eigenvalue weighted by Crippen LogP contribution is 2.23. The molecule has 3 rings (SSSR count). The van der Waals surface area contributed by atoms with Crippen LogP contribution in [0.2, 0.25) is 0 Å². The van der Waals surface area contributed by atoms with E-state index < -0.39 is 21.8 Å². The van der Waals surface area contributed by atoms with E-state index in [0.717, 1.165) is 11.0 Å². The Kier molecular flexibility index (Phi) is 5.75. The summed E-state index contributed by atoms with van der Waals surface area (Å²) >= 11 is 0. The Hall–Kier alpha value is -3.51. The molecule has 29 heavy (non-hydrogen) atoms. The maximum Gasteiger partial charge on any atom is 0.277 e. The fourth-order valence-corrected chi connectivity index (χ4v) is 3.52. The van der Waals surface area contributed by atoms with Gasteiger partial charge in [-0.2, -0.15) is 0 Å². The van der Waals surface area contributed by atoms with Crippen molar-refractivity contribution in [3.05, 3.63) is 48.4 Å². The standard InChI is InChI=1S/C17H17N5O6S/c1-28-16-15(18-6-7-19-16)21-29(26,27)12-4-2-11(3-5-12)20-13-10-14(24)22(8-9-23)17(13)25/h2-7,10,20,23H,8-9H2,1H3,(H,18,21). The van der Waals surface area contributed by atoms with Crippen LogP contribution in [0.15, 0.2) is 53.3 Å². The molecule has 0 saturated heterocycles. The summed E-state index contributed by atoms with van der Waals surface area (Å²) < 4.78 is 32.3. The van der Waals surface area contributed by atoms with Gasteiger partial charge in [0.2, 0.25) is 5.82 Å². The fourth-order valence-electron chi connectivity index (χ4n) is 2.51. The van der Waals surface area contributed by atoms with Gasteiger partial charge in [0.05, 0.1) is 25.2 Å². The fraction of sp³-hybridized carbons (Fsp3) is 0.176. The quantitative estimate of drug-likeness (QED) is 0.500. The summed E-state index contributed by atoms with van der Waals surface area (Å²) in [5.74, 6) is -1.13. The number of amides is 2. The molecule has 11 nitrogen and oxygen atoms in total. The van der Waals surface area contributed by atoms with Gasteiger partial charge in [0, 0.05) is 24.2 Å². The van der Waals surface area contributed by atoms with Gasteiger partial charge in [-0.3, -0.25) is 19.2 Å². The van der Waals surface area contributed by atoms with E-state index in [9.17, 15) is 18.0 Å². The van der Waals surface area contributed by atoms with Crippen molar-refractivity contribution in [1.82, 2.24) is 14.9 Å². The Balaban J connectivity index is 1.74. The Labute approximate surface area is 166 Å². The maximum atomic E-state index is 12.5. The average Bonchev–Trinajstić information content (AvgIpc) is 2.96. The number of nitrogens with one attached hydrogen (secondary N) is 2. The first-order chi connectivity index (χ1) is 13.9. The van der Waals surface area contributed by atoms with Crippen molar-refractivity contribution < 1.29 is 27.9 Å². The highest BCUT2D eigenvalue weighted by Gasteiger charge is 2.30. The minimum Gasteiger partial charge on any atom is -0.478 e. The number of hydrogen-bond acceptors (Lipinski definition) is 9. The lowest BCUT2D eigenvalue weighted by atomic mass is 10.3. The highest BCUT2D eigenvalue weighted by atomic mass is 32.2. The van der Waals surface area contributed by atoms with Gasteiger partial charge in [0.15, 0.2) is 0 Å². The topological polar surface area (TPSA) is 151 Å². The van der Waals surface area contributed by atoms with E-state index in [1.165, 1.54) is 43.8 Å². The third kappa shape index (κ3) is 4.33. The number of benzene rings is 1. The van der Waals surface area contributed by atoms with Gasteiger partial charge in [0.25, 0.3) is 27.7 Å². The molecule has 0 radical (unpaired) electrons. The van der Waals surface area contributed by atoms with Crippen LogP contribution in [0.3, 0.4) is 0 Å². The molecular weight excluding hydrogens is 402 g/mol. The number of aliphatic hydroxyl groups excluding tert-OH is 1. The largest absolute Gasteiger partial charge is 0.478 e. The number of imide groups is 1. The second-order valence-electron chi connectivity index (χ2n) is 5.75. The van der Waals surface area contributed by atoms with E-state index in [-0.39, 0.29) is 35.4 Å². The zero-order chi connectivity index (χ0) is 21.0. The number of methoxy groups -OCH3 is 1. The van der Waals surface area contributed by atoms with Crippen LogP contribution in [0.5, 0.6) is 5.88 Å². The van der Waals surface area contributed by atoms with Crippen LogP contribution >= 0.6 is 0 Å². The van der Waals surface area contributed by atoms with Gasteiger partial charge in [-0.15, -0.1) is 0 Å². The van der Waals surface area contributed by atoms with Crippen LogP contribution in [0.4, 0.5) is 11.5 Å². The number of sulfonamides is 1. The second kappa shape index (κ2) is 8.24. The lowest BCUT2D eigenvalue weighted by Gasteiger charge is -2.13. The molecule has 0 unspecified atom stereocenters. The monoisotopic (exact) mass is 419 g/mol. The number of aliphatic hydroxyl groups is 1. The normalized spacial score (nSPS) is 14.0. The highest BCUT2D eigenvalue weighted by molar-refractivity contribution is 7.92. The summed E-state index contributed by atoms with van der Waals surface area (Å²) in [6.45, 7) is -0.442. The first-order valence-electron chi connectivity index (χ1n) is 8.29. The van der Waals surface area contributed by atoms with Crippen molar-refractivity contribution >= 4 is 33.3 Å². The van der Waals surface area contributed by atoms with Gasteiger partial charge in [-0.1, -0.05) is 0 Å². The number of hydrogen-bond donors (Lipinski definition) is 3. The van der Waals surface area contributed by atoms with Gasteiger partial charge in [-0.05, 0) is 24.3 Å². The molecule has 2 aromatic rings. The van der Waals surface area contributed by atoms with E-state index in [1.807, 2.05) is 0 Å². The van der Waals surface area contributed by atoms with E-state index in [1.54, 1.807) is 0 Å². The summed E-state index contributed by atoms with van der Waals surface area (Å²) in [4.78, 5) is 32.5. The molecule has 0 saturated carbocycles. The maximum absolute atomic E-state index is 12.5. The number of β-amino-alcohol motifs (C(OH)–C–C–N with tert-alkyl or cyclic N) is 1. The van der Waals surface area contributed by atoms with Crippen LogP contribution in [-0.4, -0.2) is 60.5 Å². The molecule has 0 spiro atoms. The Morgan fingerprint density at radius 1 is 1.14 bits per heavy atom. The zero-order valence-electron chi connectivity index (χ0n) is 15.2. The number of carbonyl (C=O) groups is 2. The minimum atomic E-state index is -3.96. The third-order valence-corrected chi connectivity index (χ3v) is 5.22. The average molecular weight is 419 g/mol. The molecule has 3 N–H and O–H groups in total. The molecule has 1 aliphatic heterocycles. The first kappa shape index (κ1) is 20.2. The zero-order valence-corrected chi connectivity index (χ0v) is 16.0. The third-order valence-electron chi connectivity index (χ3n) is 3.87. The molecule has 2 amide bonds. The summed E-state index contributed by atoms with van der Waals surface area (Å²) in [6.07, 6.45) is 3.80. The summed E-state index contributed by atoms with van der Waals surface area (Å²) in [6, 6.07) is 5.52. The SMILES string of the molecule is COc1nccnc1NS(=O)(=O)c1ccc(NC2=CC(=O)N(CCO)C2=O)cc1. The van der Waals surface area contributed by atoms with Gasteiger partial charge in [-0.25, -0.2) is 18.4 Å². The van der Waals surface area contributed by atoms with Crippen LogP contribution in [0, 0.1) is 0 Å². The minimum absolute atomic E-state index is 0.0261. The predicted molar refractivity (Wildman–Crippen MR) is 101 cm³/mol. The van der Waals surface area contributed by atoms with Crippen molar-refractivity contribution in [3.63, 3.8) is 0 Å². The summed E-state index contributed by atoms with van der Waals surface area (Å²) in [7, 11) is -2.62. The van der Waals surface area contributed by atoms with E-state index >= 15 is 0 Å². The van der Waals surface area contributed by atoms with E-state index in [0.29, 0.717) is 5.69 Å². The molecule has 0 atom stereocenters. The molecular formula is C17H17N5O6S. The predicted octanol–water partition coefficient (Wildman–Crippen LogP) is -0.0571. The molecule has 1 aromatic carbocycles. The number of ether oxygens (including phenoxy) is 1. The van der Waals surface area contributed by atoms with Crippen molar-refractivity contribution in [2.45, 2.75) is 4.90 Å². The van der Waals surface area contributed by atoms with Crippen LogP contribution in [-0.2, 0) is 19.6 Å². The Bertz CT molecular complexity index is 1070. The number of aromatic nitrogens is 2. The molecule has 12 heteroatoms. The van der Waals surface area contributed by atoms with E-state index in [2.05, 4.69) is 20.0 Å². The molecule has 1 aromatic heterocycles. The van der Waals surface area contributed by atoms with Crippen molar-refractivity contribution in [1.29, 1.82) is 0 Å². The van der Waals surface area contributed by atoms with Gasteiger partial charge < -0.3 is 15.2 Å². The second-order valence-corrected chi connectivity index (χ2v) is 7.43. The summed E-state index contributed by atoms with van der Waals surface area (Å²) in [5, 5.41) is 11.7. The number of carbonyl (C=O) groups excluding carboxylic acids is 2. The molecule has 152 valence electrons. The van der Waals surface area contributed by atoms with Crippen molar-refractivity contribution in [2.75, 3.05) is 30.3 Å². The number of nitrogens with zero attached hydrogens (tertiary/aromatic N) is 3. The molecule has 2 heterocycles. The van der Waals surface area contributed by atoms with Crippen LogP contribution in [0.1, 0.15) is 0 Å². The molecule has 1 aliphatic rings. The molecule has 0 bridgehead atoms. The smallest absolute Gasteiger partial charge is 0.277 e. The van der Waals surface area contributed by atoms with Gasteiger partial charge in [0.1, 0.15) is 5.70 Å². The van der Waals surface area contributed by atoms with Crippen LogP contribution < -0.4 is 14.8 Å². The molecule has 0 fully saturated rings. The first-order valence-corrected chi connectivity index (χ1v) is 9.77. The number of anilines is 2. The lowest BCUT2D eigenvalue weighted by Crippen LogP contribution is -2.34. The van der Waals surface area contributed by atoms with Gasteiger partial charge >= 0.3 is 0 Å². The lowest BCUT2D eigenvalue weighted by molar-refractivity contribution is -0.137. The Morgan fingerprint density at radius 3 is 2.48 bits per heavy atom. The van der Waals surface area contributed by atoms with Crippen molar-refractivity contribution in [3.8, 4) is 5.88 Å². The van der Waals surface area contributed by atoms with Crippen LogP contribution in [0.25, 0.3) is 0 Å².